The van der Waals surface area contributed by atoms with Crippen molar-refractivity contribution in [2.24, 2.45) is 5.73 Å². The molecule has 0 bridgehead atoms. The van der Waals surface area contributed by atoms with Gasteiger partial charge < -0.3 is 10.3 Å². The zero-order valence-electron chi connectivity index (χ0n) is 11.1. The maximum atomic E-state index is 5.47. The van der Waals surface area contributed by atoms with Crippen molar-refractivity contribution in [3.63, 3.8) is 0 Å². The van der Waals surface area contributed by atoms with Crippen LogP contribution in [0.1, 0.15) is 37.7 Å². The topological polar surface area (TPSA) is 95.7 Å². The number of nitrogens with zero attached hydrogens (tertiary/aromatic N) is 5. The molecule has 2 N–H and O–H groups in total. The summed E-state index contributed by atoms with van der Waals surface area (Å²) in [5, 5.41) is 12.4. The minimum Gasteiger partial charge on any atom is -0.337 e. The van der Waals surface area contributed by atoms with Crippen LogP contribution in [0.2, 0.25) is 0 Å². The van der Waals surface area contributed by atoms with E-state index in [1.807, 2.05) is 11.8 Å². The molecular weight excluding hydrogens is 264 g/mol. The first-order valence-electron chi connectivity index (χ1n) is 6.23. The highest BCUT2D eigenvalue weighted by atomic mass is 32.2. The fraction of sp³-hybridized carbons (Fsp3) is 0.636. The first-order chi connectivity index (χ1) is 9.21. The average Bonchev–Trinajstić information content (AvgIpc) is 3.05. The van der Waals surface area contributed by atoms with E-state index in [1.165, 1.54) is 0 Å². The molecule has 0 aliphatic heterocycles. The third kappa shape index (κ3) is 4.03. The van der Waals surface area contributed by atoms with Gasteiger partial charge in [0.15, 0.2) is 5.82 Å². The maximum absolute atomic E-state index is 5.47. The number of aromatic nitrogens is 5. The average molecular weight is 282 g/mol. The van der Waals surface area contributed by atoms with E-state index in [0.717, 1.165) is 23.7 Å². The van der Waals surface area contributed by atoms with Gasteiger partial charge >= 0.3 is 0 Å². The van der Waals surface area contributed by atoms with Crippen molar-refractivity contribution in [3.05, 3.63) is 23.6 Å². The SMILES string of the molecule is CCC(C)SCc1noc(Cn2cc(CN)nn2)n1. The minimum absolute atomic E-state index is 0.376. The molecule has 1 atom stereocenters. The lowest BCUT2D eigenvalue weighted by Gasteiger charge is -2.04. The van der Waals surface area contributed by atoms with E-state index in [0.29, 0.717) is 24.2 Å². The largest absolute Gasteiger partial charge is 0.337 e. The van der Waals surface area contributed by atoms with Gasteiger partial charge in [-0.05, 0) is 6.42 Å². The van der Waals surface area contributed by atoms with Crippen LogP contribution >= 0.6 is 11.8 Å². The molecule has 2 rings (SSSR count). The number of rotatable bonds is 7. The second-order valence-corrected chi connectivity index (χ2v) is 5.67. The molecule has 0 fully saturated rings. The van der Waals surface area contributed by atoms with Crippen LogP contribution in [-0.4, -0.2) is 30.4 Å². The third-order valence-electron chi connectivity index (χ3n) is 2.67. The van der Waals surface area contributed by atoms with E-state index in [2.05, 4.69) is 34.3 Å². The number of hydrogen-bond acceptors (Lipinski definition) is 7. The smallest absolute Gasteiger partial charge is 0.248 e. The summed E-state index contributed by atoms with van der Waals surface area (Å²) in [5.41, 5.74) is 6.21. The fourth-order valence-electron chi connectivity index (χ4n) is 1.40. The normalized spacial score (nSPS) is 12.8. The molecule has 8 heteroatoms. The van der Waals surface area contributed by atoms with Crippen molar-refractivity contribution >= 4 is 11.8 Å². The van der Waals surface area contributed by atoms with Gasteiger partial charge in [0, 0.05) is 11.8 Å². The Hall–Kier alpha value is -1.41. The first-order valence-corrected chi connectivity index (χ1v) is 7.28. The van der Waals surface area contributed by atoms with Crippen LogP contribution in [0.15, 0.2) is 10.7 Å². The molecule has 0 saturated heterocycles. The Kier molecular flexibility index (Phi) is 4.92. The highest BCUT2D eigenvalue weighted by Gasteiger charge is 2.09. The minimum atomic E-state index is 0.376. The van der Waals surface area contributed by atoms with E-state index in [1.54, 1.807) is 10.9 Å². The van der Waals surface area contributed by atoms with Gasteiger partial charge in [-0.25, -0.2) is 4.68 Å². The van der Waals surface area contributed by atoms with Crippen molar-refractivity contribution < 1.29 is 4.52 Å². The predicted molar refractivity (Wildman–Crippen MR) is 72.4 cm³/mol. The monoisotopic (exact) mass is 282 g/mol. The molecule has 0 saturated carbocycles. The van der Waals surface area contributed by atoms with Crippen LogP contribution in [0.3, 0.4) is 0 Å². The molecule has 0 spiro atoms. The molecule has 104 valence electrons. The van der Waals surface area contributed by atoms with Gasteiger partial charge in [-0.2, -0.15) is 16.7 Å². The van der Waals surface area contributed by atoms with E-state index >= 15 is 0 Å². The van der Waals surface area contributed by atoms with Gasteiger partial charge in [0.25, 0.3) is 0 Å². The molecule has 1 unspecified atom stereocenters. The molecule has 19 heavy (non-hydrogen) atoms. The van der Waals surface area contributed by atoms with Crippen LogP contribution in [0, 0.1) is 0 Å². The van der Waals surface area contributed by atoms with Crippen molar-refractivity contribution in [1.82, 2.24) is 25.1 Å². The molecule has 2 aromatic heterocycles. The number of hydrogen-bond donors (Lipinski definition) is 1. The first kappa shape index (κ1) is 14.0. The molecule has 0 aliphatic rings. The van der Waals surface area contributed by atoms with Crippen LogP contribution in [0.5, 0.6) is 0 Å². The summed E-state index contributed by atoms with van der Waals surface area (Å²) in [6, 6.07) is 0. The summed E-state index contributed by atoms with van der Waals surface area (Å²) in [4.78, 5) is 4.33. The Morgan fingerprint density at radius 3 is 3.05 bits per heavy atom. The van der Waals surface area contributed by atoms with Crippen molar-refractivity contribution in [1.29, 1.82) is 0 Å². The lowest BCUT2D eigenvalue weighted by Crippen LogP contribution is -2.01. The number of nitrogens with two attached hydrogens (primary N) is 1. The summed E-state index contributed by atoms with van der Waals surface area (Å²) >= 11 is 1.82. The lowest BCUT2D eigenvalue weighted by molar-refractivity contribution is 0.361. The van der Waals surface area contributed by atoms with Crippen LogP contribution in [0.4, 0.5) is 0 Å². The molecular formula is C11H18N6OS. The molecule has 7 nitrogen and oxygen atoms in total. The standard InChI is InChI=1S/C11H18N6OS/c1-3-8(2)19-7-10-13-11(18-15-10)6-17-5-9(4-12)14-16-17/h5,8H,3-4,6-7,12H2,1-2H3. The van der Waals surface area contributed by atoms with Crippen molar-refractivity contribution in [2.45, 2.75) is 44.4 Å². The summed E-state index contributed by atoms with van der Waals surface area (Å²) < 4.78 is 6.82. The Labute approximate surface area is 115 Å². The summed E-state index contributed by atoms with van der Waals surface area (Å²) in [6.45, 7) is 5.16. The molecule has 2 heterocycles. The quantitative estimate of drug-likeness (QED) is 0.815. The maximum Gasteiger partial charge on any atom is 0.248 e. The lowest BCUT2D eigenvalue weighted by atomic mass is 10.4. The van der Waals surface area contributed by atoms with E-state index < -0.39 is 0 Å². The van der Waals surface area contributed by atoms with Crippen LogP contribution < -0.4 is 5.73 Å². The third-order valence-corrected chi connectivity index (χ3v) is 4.00. The summed E-state index contributed by atoms with van der Waals surface area (Å²) in [5.74, 6) is 2.02. The Morgan fingerprint density at radius 2 is 2.37 bits per heavy atom. The van der Waals surface area contributed by atoms with E-state index in [-0.39, 0.29) is 0 Å². The second kappa shape index (κ2) is 6.67. The molecule has 0 aliphatic carbocycles. The fourth-order valence-corrected chi connectivity index (χ4v) is 2.18. The predicted octanol–water partition coefficient (Wildman–Crippen LogP) is 1.20. The Morgan fingerprint density at radius 1 is 1.53 bits per heavy atom. The Balaban J connectivity index is 1.89. The van der Waals surface area contributed by atoms with Gasteiger partial charge in [0.2, 0.25) is 5.89 Å². The Bertz CT molecular complexity index is 511. The van der Waals surface area contributed by atoms with Gasteiger partial charge in [-0.1, -0.05) is 24.2 Å². The molecule has 2 aromatic rings. The van der Waals surface area contributed by atoms with Crippen molar-refractivity contribution in [3.8, 4) is 0 Å². The zero-order chi connectivity index (χ0) is 13.7. The van der Waals surface area contributed by atoms with Crippen LogP contribution in [0.25, 0.3) is 0 Å². The second-order valence-electron chi connectivity index (χ2n) is 4.25. The highest BCUT2D eigenvalue weighted by molar-refractivity contribution is 7.99. The highest BCUT2D eigenvalue weighted by Crippen LogP contribution is 2.18. The van der Waals surface area contributed by atoms with Gasteiger partial charge in [-0.3, -0.25) is 0 Å². The van der Waals surface area contributed by atoms with Gasteiger partial charge in [-0.15, -0.1) is 5.10 Å². The molecule has 0 radical (unpaired) electrons. The van der Waals surface area contributed by atoms with Crippen LogP contribution in [-0.2, 0) is 18.8 Å². The van der Waals surface area contributed by atoms with Crippen molar-refractivity contribution in [2.75, 3.05) is 0 Å². The summed E-state index contributed by atoms with van der Waals surface area (Å²) in [6.07, 6.45) is 2.91. The zero-order valence-corrected chi connectivity index (χ0v) is 11.9. The van der Waals surface area contributed by atoms with E-state index in [9.17, 15) is 0 Å². The van der Waals surface area contributed by atoms with E-state index in [4.69, 9.17) is 10.3 Å². The molecule has 0 aromatic carbocycles. The van der Waals surface area contributed by atoms with Gasteiger partial charge in [0.1, 0.15) is 6.54 Å². The molecule has 0 amide bonds. The van der Waals surface area contributed by atoms with Gasteiger partial charge in [0.05, 0.1) is 17.6 Å². The number of thioether (sulfide) groups is 1. The summed E-state index contributed by atoms with van der Waals surface area (Å²) in [7, 11) is 0.